The Bertz CT molecular complexity index is 485. The fourth-order valence-electron chi connectivity index (χ4n) is 1.79. The zero-order valence-corrected chi connectivity index (χ0v) is 10.5. The lowest BCUT2D eigenvalue weighted by Crippen LogP contribution is -2.25. The molecule has 0 amide bonds. The van der Waals surface area contributed by atoms with Crippen molar-refractivity contribution < 1.29 is 4.74 Å². The Hall–Kier alpha value is -2.00. The lowest BCUT2D eigenvalue weighted by atomic mass is 10.2. The smallest absolute Gasteiger partial charge is 0.150 e. The highest BCUT2D eigenvalue weighted by Crippen LogP contribution is 2.31. The molecule has 0 bridgehead atoms. The molecule has 2 aromatic rings. The molecule has 0 atom stereocenters. The number of benzene rings is 2. The van der Waals surface area contributed by atoms with Crippen LogP contribution in [-0.2, 0) is 0 Å². The second kappa shape index (κ2) is 6.07. The standard InChI is InChI=1S/C15H18N2O/c1-17(12-11-16)14-9-5-6-10-15(14)18-13-7-3-2-4-8-13/h2-10H,11-12,16H2,1H3. The molecule has 0 unspecified atom stereocenters. The predicted octanol–water partition coefficient (Wildman–Crippen LogP) is 2.87. The van der Waals surface area contributed by atoms with Crippen LogP contribution in [0.1, 0.15) is 0 Å². The lowest BCUT2D eigenvalue weighted by Gasteiger charge is -2.21. The van der Waals surface area contributed by atoms with E-state index in [0.717, 1.165) is 23.7 Å². The summed E-state index contributed by atoms with van der Waals surface area (Å²) in [5.41, 5.74) is 6.63. The van der Waals surface area contributed by atoms with Crippen molar-refractivity contribution in [3.63, 3.8) is 0 Å². The van der Waals surface area contributed by atoms with Gasteiger partial charge < -0.3 is 15.4 Å². The number of rotatable bonds is 5. The summed E-state index contributed by atoms with van der Waals surface area (Å²) in [6.07, 6.45) is 0. The monoisotopic (exact) mass is 242 g/mol. The number of nitrogens with zero attached hydrogens (tertiary/aromatic N) is 1. The number of hydrogen-bond donors (Lipinski definition) is 1. The Balaban J connectivity index is 2.22. The van der Waals surface area contributed by atoms with Gasteiger partial charge in [-0.25, -0.2) is 0 Å². The average Bonchev–Trinajstić information content (AvgIpc) is 2.41. The molecule has 2 N–H and O–H groups in total. The van der Waals surface area contributed by atoms with Crippen molar-refractivity contribution in [3.8, 4) is 11.5 Å². The van der Waals surface area contributed by atoms with Crippen LogP contribution in [-0.4, -0.2) is 20.1 Å². The third-order valence-corrected chi connectivity index (χ3v) is 2.71. The third-order valence-electron chi connectivity index (χ3n) is 2.71. The molecule has 2 aromatic carbocycles. The Kier molecular flexibility index (Phi) is 4.20. The van der Waals surface area contributed by atoms with Gasteiger partial charge in [0, 0.05) is 20.1 Å². The van der Waals surface area contributed by atoms with Crippen LogP contribution in [0.15, 0.2) is 54.6 Å². The average molecular weight is 242 g/mol. The highest BCUT2D eigenvalue weighted by molar-refractivity contribution is 5.59. The fourth-order valence-corrected chi connectivity index (χ4v) is 1.79. The van der Waals surface area contributed by atoms with Gasteiger partial charge in [-0.15, -0.1) is 0 Å². The first kappa shape index (κ1) is 12.5. The SMILES string of the molecule is CN(CCN)c1ccccc1Oc1ccccc1. The van der Waals surface area contributed by atoms with Crippen molar-refractivity contribution in [2.75, 3.05) is 25.0 Å². The molecule has 2 rings (SSSR count). The molecule has 18 heavy (non-hydrogen) atoms. The van der Waals surface area contributed by atoms with Gasteiger partial charge in [-0.2, -0.15) is 0 Å². The Labute approximate surface area is 108 Å². The summed E-state index contributed by atoms with van der Waals surface area (Å²) in [6.45, 7) is 1.42. The third kappa shape index (κ3) is 3.02. The Morgan fingerprint density at radius 2 is 1.67 bits per heavy atom. The van der Waals surface area contributed by atoms with Crippen molar-refractivity contribution in [3.05, 3.63) is 54.6 Å². The van der Waals surface area contributed by atoms with E-state index in [4.69, 9.17) is 10.5 Å². The van der Waals surface area contributed by atoms with Gasteiger partial charge in [0.15, 0.2) is 5.75 Å². The highest BCUT2D eigenvalue weighted by Gasteiger charge is 2.07. The van der Waals surface area contributed by atoms with Gasteiger partial charge in [-0.1, -0.05) is 30.3 Å². The van der Waals surface area contributed by atoms with Gasteiger partial charge in [0.1, 0.15) is 5.75 Å². The van der Waals surface area contributed by atoms with E-state index < -0.39 is 0 Å². The summed E-state index contributed by atoms with van der Waals surface area (Å²) in [4.78, 5) is 2.10. The molecular formula is C15H18N2O. The van der Waals surface area contributed by atoms with E-state index in [1.54, 1.807) is 0 Å². The molecule has 3 nitrogen and oxygen atoms in total. The molecule has 0 heterocycles. The first-order valence-electron chi connectivity index (χ1n) is 6.04. The van der Waals surface area contributed by atoms with Crippen molar-refractivity contribution in [1.29, 1.82) is 0 Å². The van der Waals surface area contributed by atoms with Crippen LogP contribution in [0, 0.1) is 0 Å². The number of hydrogen-bond acceptors (Lipinski definition) is 3. The van der Waals surface area contributed by atoms with E-state index in [1.165, 1.54) is 0 Å². The number of para-hydroxylation sites is 3. The maximum absolute atomic E-state index is 5.89. The van der Waals surface area contributed by atoms with Crippen molar-refractivity contribution >= 4 is 5.69 Å². The molecule has 0 aliphatic rings. The van der Waals surface area contributed by atoms with Crippen LogP contribution < -0.4 is 15.4 Å². The molecule has 0 spiro atoms. The van der Waals surface area contributed by atoms with Crippen LogP contribution in [0.25, 0.3) is 0 Å². The second-order valence-electron chi connectivity index (χ2n) is 4.09. The van der Waals surface area contributed by atoms with Gasteiger partial charge in [-0.3, -0.25) is 0 Å². The summed E-state index contributed by atoms with van der Waals surface area (Å²) in [5.74, 6) is 1.69. The van der Waals surface area contributed by atoms with E-state index in [0.29, 0.717) is 6.54 Å². The molecule has 0 aromatic heterocycles. The normalized spacial score (nSPS) is 10.1. The minimum atomic E-state index is 0.621. The number of anilines is 1. The first-order valence-corrected chi connectivity index (χ1v) is 6.04. The van der Waals surface area contributed by atoms with E-state index in [2.05, 4.69) is 4.90 Å². The molecule has 0 saturated carbocycles. The summed E-state index contributed by atoms with van der Waals surface area (Å²) >= 11 is 0. The topological polar surface area (TPSA) is 38.5 Å². The zero-order chi connectivity index (χ0) is 12.8. The quantitative estimate of drug-likeness (QED) is 0.876. The maximum atomic E-state index is 5.89. The summed E-state index contributed by atoms with van der Waals surface area (Å²) in [6, 6.07) is 17.8. The largest absolute Gasteiger partial charge is 0.455 e. The molecule has 0 aliphatic heterocycles. The van der Waals surface area contributed by atoms with Crippen LogP contribution >= 0.6 is 0 Å². The minimum Gasteiger partial charge on any atom is -0.455 e. The van der Waals surface area contributed by atoms with Gasteiger partial charge >= 0.3 is 0 Å². The molecular weight excluding hydrogens is 224 g/mol. The number of nitrogens with two attached hydrogens (primary N) is 1. The molecule has 94 valence electrons. The van der Waals surface area contributed by atoms with Crippen molar-refractivity contribution in [1.82, 2.24) is 0 Å². The van der Waals surface area contributed by atoms with Gasteiger partial charge in [-0.05, 0) is 24.3 Å². The molecule has 0 fully saturated rings. The summed E-state index contributed by atoms with van der Waals surface area (Å²) in [7, 11) is 2.01. The van der Waals surface area contributed by atoms with E-state index in [1.807, 2.05) is 61.6 Å². The van der Waals surface area contributed by atoms with Crippen LogP contribution in [0.4, 0.5) is 5.69 Å². The Morgan fingerprint density at radius 3 is 2.39 bits per heavy atom. The zero-order valence-electron chi connectivity index (χ0n) is 10.5. The number of likely N-dealkylation sites (N-methyl/N-ethyl adjacent to an activating group) is 1. The van der Waals surface area contributed by atoms with E-state index in [-0.39, 0.29) is 0 Å². The van der Waals surface area contributed by atoms with Crippen molar-refractivity contribution in [2.45, 2.75) is 0 Å². The maximum Gasteiger partial charge on any atom is 0.150 e. The molecule has 0 saturated heterocycles. The minimum absolute atomic E-state index is 0.621. The summed E-state index contributed by atoms with van der Waals surface area (Å²) < 4.78 is 5.89. The Morgan fingerprint density at radius 1 is 1.00 bits per heavy atom. The van der Waals surface area contributed by atoms with Gasteiger partial charge in [0.25, 0.3) is 0 Å². The fraction of sp³-hybridized carbons (Fsp3) is 0.200. The molecule has 0 aliphatic carbocycles. The van der Waals surface area contributed by atoms with E-state index >= 15 is 0 Å². The first-order chi connectivity index (χ1) is 8.81. The van der Waals surface area contributed by atoms with Crippen molar-refractivity contribution in [2.24, 2.45) is 5.73 Å². The highest BCUT2D eigenvalue weighted by atomic mass is 16.5. The van der Waals surface area contributed by atoms with Crippen LogP contribution in [0.5, 0.6) is 11.5 Å². The van der Waals surface area contributed by atoms with Gasteiger partial charge in [0.05, 0.1) is 5.69 Å². The van der Waals surface area contributed by atoms with E-state index in [9.17, 15) is 0 Å². The summed E-state index contributed by atoms with van der Waals surface area (Å²) in [5, 5.41) is 0. The molecule has 3 heteroatoms. The van der Waals surface area contributed by atoms with Crippen LogP contribution in [0.2, 0.25) is 0 Å². The van der Waals surface area contributed by atoms with Gasteiger partial charge in [0.2, 0.25) is 0 Å². The second-order valence-corrected chi connectivity index (χ2v) is 4.09. The number of ether oxygens (including phenoxy) is 1. The molecule has 0 radical (unpaired) electrons. The lowest BCUT2D eigenvalue weighted by molar-refractivity contribution is 0.482. The van der Waals surface area contributed by atoms with Crippen LogP contribution in [0.3, 0.4) is 0 Å². The predicted molar refractivity (Wildman–Crippen MR) is 75.3 cm³/mol.